The number of hydrogen-bond acceptors (Lipinski definition) is 1. The highest BCUT2D eigenvalue weighted by Crippen LogP contribution is 2.28. The van der Waals surface area contributed by atoms with Crippen LogP contribution in [0.5, 0.6) is 0 Å². The highest BCUT2D eigenvalue weighted by atomic mass is 16.2. The molecule has 0 aromatic heterocycles. The topological polar surface area (TPSA) is 20.3 Å². The first kappa shape index (κ1) is 15.1. The fraction of sp³-hybridized carbons (Fsp3) is 0.190. The number of hydrogen-bond donors (Lipinski definition) is 0. The van der Waals surface area contributed by atoms with E-state index in [2.05, 4.69) is 37.0 Å². The molecule has 23 heavy (non-hydrogen) atoms. The standard InChI is InChI=1S/C21H19NO/c1-17(19-11-6-3-7-12-19)22-20(13-8-14-21(22)23)16-15-18-9-4-2-5-10-18/h2-7,9-13,17H,8,14H2,1H3/t17-/m1/s1. The summed E-state index contributed by atoms with van der Waals surface area (Å²) in [6.45, 7) is 2.05. The van der Waals surface area contributed by atoms with Crippen molar-refractivity contribution in [2.75, 3.05) is 0 Å². The summed E-state index contributed by atoms with van der Waals surface area (Å²) in [6, 6.07) is 19.9. The van der Waals surface area contributed by atoms with Crippen molar-refractivity contribution >= 4 is 5.91 Å². The van der Waals surface area contributed by atoms with Crippen molar-refractivity contribution in [3.05, 3.63) is 83.6 Å². The zero-order valence-corrected chi connectivity index (χ0v) is 13.2. The van der Waals surface area contributed by atoms with E-state index in [1.165, 1.54) is 0 Å². The third kappa shape index (κ3) is 3.52. The summed E-state index contributed by atoms with van der Waals surface area (Å²) in [4.78, 5) is 14.3. The van der Waals surface area contributed by atoms with Gasteiger partial charge in [0.05, 0.1) is 11.7 Å². The molecule has 0 aliphatic carbocycles. The van der Waals surface area contributed by atoms with Gasteiger partial charge in [-0.25, -0.2) is 0 Å². The van der Waals surface area contributed by atoms with Gasteiger partial charge in [-0.1, -0.05) is 60.5 Å². The fourth-order valence-electron chi connectivity index (χ4n) is 2.76. The summed E-state index contributed by atoms with van der Waals surface area (Å²) < 4.78 is 0. The number of amides is 1. The van der Waals surface area contributed by atoms with Crippen LogP contribution < -0.4 is 0 Å². The van der Waals surface area contributed by atoms with E-state index >= 15 is 0 Å². The lowest BCUT2D eigenvalue weighted by molar-refractivity contribution is -0.131. The van der Waals surface area contributed by atoms with Crippen molar-refractivity contribution in [3.8, 4) is 11.8 Å². The highest BCUT2D eigenvalue weighted by molar-refractivity contribution is 5.81. The molecule has 1 amide bonds. The number of benzene rings is 2. The van der Waals surface area contributed by atoms with Crippen molar-refractivity contribution in [1.29, 1.82) is 0 Å². The molecule has 0 bridgehead atoms. The van der Waals surface area contributed by atoms with Gasteiger partial charge in [0.1, 0.15) is 0 Å². The Labute approximate surface area is 137 Å². The van der Waals surface area contributed by atoms with Crippen molar-refractivity contribution < 1.29 is 4.79 Å². The van der Waals surface area contributed by atoms with Crippen LogP contribution in [0.1, 0.15) is 36.9 Å². The lowest BCUT2D eigenvalue weighted by Gasteiger charge is -2.32. The van der Waals surface area contributed by atoms with Gasteiger partial charge >= 0.3 is 0 Å². The summed E-state index contributed by atoms with van der Waals surface area (Å²) in [5, 5.41) is 0. The Balaban J connectivity index is 1.90. The van der Waals surface area contributed by atoms with Gasteiger partial charge < -0.3 is 0 Å². The van der Waals surface area contributed by atoms with Crippen LogP contribution in [0.15, 0.2) is 72.4 Å². The molecule has 0 spiro atoms. The molecule has 114 valence electrons. The molecule has 0 fully saturated rings. The van der Waals surface area contributed by atoms with E-state index in [9.17, 15) is 4.79 Å². The van der Waals surface area contributed by atoms with Gasteiger partial charge in [-0.15, -0.1) is 0 Å². The van der Waals surface area contributed by atoms with Gasteiger partial charge in [0, 0.05) is 12.0 Å². The summed E-state index contributed by atoms with van der Waals surface area (Å²) >= 11 is 0. The number of nitrogens with zero attached hydrogens (tertiary/aromatic N) is 1. The van der Waals surface area contributed by atoms with E-state index in [1.807, 2.05) is 53.4 Å². The monoisotopic (exact) mass is 301 g/mol. The van der Waals surface area contributed by atoms with Crippen molar-refractivity contribution in [3.63, 3.8) is 0 Å². The molecule has 3 rings (SSSR count). The van der Waals surface area contributed by atoms with Crippen molar-refractivity contribution in [2.45, 2.75) is 25.8 Å². The molecule has 2 aromatic carbocycles. The number of carbonyl (C=O) groups excluding carboxylic acids is 1. The normalized spacial score (nSPS) is 15.4. The highest BCUT2D eigenvalue weighted by Gasteiger charge is 2.26. The molecule has 0 saturated carbocycles. The Morgan fingerprint density at radius 1 is 0.957 bits per heavy atom. The van der Waals surface area contributed by atoms with Gasteiger partial charge in [0.15, 0.2) is 0 Å². The smallest absolute Gasteiger partial charge is 0.228 e. The Hall–Kier alpha value is -2.79. The van der Waals surface area contributed by atoms with Gasteiger partial charge in [-0.05, 0) is 37.0 Å². The minimum absolute atomic E-state index is 0.0136. The molecular weight excluding hydrogens is 282 g/mol. The molecule has 0 radical (unpaired) electrons. The maximum Gasteiger partial charge on any atom is 0.228 e. The Morgan fingerprint density at radius 2 is 1.61 bits per heavy atom. The molecule has 1 aliphatic heterocycles. The molecule has 1 atom stereocenters. The molecule has 1 heterocycles. The predicted octanol–water partition coefficient (Wildman–Crippen LogP) is 4.31. The molecule has 2 aromatic rings. The van der Waals surface area contributed by atoms with E-state index in [0.29, 0.717) is 6.42 Å². The molecule has 0 N–H and O–H groups in total. The van der Waals surface area contributed by atoms with E-state index in [-0.39, 0.29) is 11.9 Å². The first-order valence-electron chi connectivity index (χ1n) is 7.90. The maximum absolute atomic E-state index is 12.4. The quantitative estimate of drug-likeness (QED) is 0.757. The Bertz CT molecular complexity index is 766. The Kier molecular flexibility index (Phi) is 4.59. The van der Waals surface area contributed by atoms with Gasteiger partial charge in [0.25, 0.3) is 0 Å². The third-order valence-corrected chi connectivity index (χ3v) is 4.00. The number of carbonyl (C=O) groups is 1. The fourth-order valence-corrected chi connectivity index (χ4v) is 2.76. The van der Waals surface area contributed by atoms with Crippen LogP contribution in [0, 0.1) is 11.8 Å². The zero-order chi connectivity index (χ0) is 16.1. The van der Waals surface area contributed by atoms with E-state index in [4.69, 9.17) is 0 Å². The van der Waals surface area contributed by atoms with E-state index < -0.39 is 0 Å². The summed E-state index contributed by atoms with van der Waals surface area (Å²) in [5.41, 5.74) is 2.88. The van der Waals surface area contributed by atoms with Crippen LogP contribution in [0.2, 0.25) is 0 Å². The minimum atomic E-state index is -0.0136. The summed E-state index contributed by atoms with van der Waals surface area (Å²) in [5.74, 6) is 6.48. The molecular formula is C21H19NO. The van der Waals surface area contributed by atoms with Crippen LogP contribution in [0.25, 0.3) is 0 Å². The second kappa shape index (κ2) is 6.98. The second-order valence-corrected chi connectivity index (χ2v) is 5.59. The van der Waals surface area contributed by atoms with Crippen LogP contribution in [0.4, 0.5) is 0 Å². The van der Waals surface area contributed by atoms with Gasteiger partial charge in [0.2, 0.25) is 5.91 Å². The average molecular weight is 301 g/mol. The van der Waals surface area contributed by atoms with Crippen molar-refractivity contribution in [2.24, 2.45) is 0 Å². The maximum atomic E-state index is 12.4. The first-order chi connectivity index (χ1) is 11.3. The zero-order valence-electron chi connectivity index (χ0n) is 13.2. The molecule has 2 heteroatoms. The van der Waals surface area contributed by atoms with Crippen LogP contribution in [-0.4, -0.2) is 10.8 Å². The number of rotatable bonds is 2. The summed E-state index contributed by atoms with van der Waals surface area (Å²) in [7, 11) is 0. The average Bonchev–Trinajstić information content (AvgIpc) is 2.61. The second-order valence-electron chi connectivity index (χ2n) is 5.59. The SMILES string of the molecule is C[C@H](c1ccccc1)N1C(=O)CCC=C1C#Cc1ccccc1. The molecule has 2 nitrogen and oxygen atoms in total. The first-order valence-corrected chi connectivity index (χ1v) is 7.90. The van der Waals surface area contributed by atoms with E-state index in [0.717, 1.165) is 23.2 Å². The van der Waals surface area contributed by atoms with Gasteiger partial charge in [-0.2, -0.15) is 0 Å². The largest absolute Gasteiger partial charge is 0.298 e. The lowest BCUT2D eigenvalue weighted by Crippen LogP contribution is -2.34. The van der Waals surface area contributed by atoms with Gasteiger partial charge in [-0.3, -0.25) is 9.69 Å². The number of allylic oxidation sites excluding steroid dienone is 2. The third-order valence-electron chi connectivity index (χ3n) is 4.00. The molecule has 0 saturated heterocycles. The predicted molar refractivity (Wildman–Crippen MR) is 92.3 cm³/mol. The van der Waals surface area contributed by atoms with E-state index in [1.54, 1.807) is 0 Å². The van der Waals surface area contributed by atoms with Crippen molar-refractivity contribution in [1.82, 2.24) is 4.90 Å². The minimum Gasteiger partial charge on any atom is -0.298 e. The lowest BCUT2D eigenvalue weighted by atomic mass is 10.0. The van der Waals surface area contributed by atoms with Crippen LogP contribution in [-0.2, 0) is 4.79 Å². The van der Waals surface area contributed by atoms with Crippen LogP contribution in [0.3, 0.4) is 0 Å². The summed E-state index contributed by atoms with van der Waals surface area (Å²) in [6.07, 6.45) is 3.38. The molecule has 0 unspecified atom stereocenters. The molecule has 1 aliphatic rings. The Morgan fingerprint density at radius 3 is 2.30 bits per heavy atom. The van der Waals surface area contributed by atoms with Crippen LogP contribution >= 0.6 is 0 Å².